The molecule has 0 spiro atoms. The van der Waals surface area contributed by atoms with E-state index in [1.165, 1.54) is 28.8 Å². The van der Waals surface area contributed by atoms with Crippen LogP contribution in [0.5, 0.6) is 0 Å². The third-order valence-electron chi connectivity index (χ3n) is 4.60. The molecule has 1 unspecified atom stereocenters. The van der Waals surface area contributed by atoms with Crippen LogP contribution in [0.1, 0.15) is 35.1 Å². The van der Waals surface area contributed by atoms with Crippen LogP contribution >= 0.6 is 0 Å². The van der Waals surface area contributed by atoms with Gasteiger partial charge in [0.25, 0.3) is 0 Å². The van der Waals surface area contributed by atoms with Crippen LogP contribution in [-0.4, -0.2) is 14.8 Å². The summed E-state index contributed by atoms with van der Waals surface area (Å²) in [5, 5.41) is 7.99. The number of rotatable bonds is 3. The van der Waals surface area contributed by atoms with E-state index >= 15 is 0 Å². The van der Waals surface area contributed by atoms with E-state index in [4.69, 9.17) is 0 Å². The fourth-order valence-electron chi connectivity index (χ4n) is 3.16. The van der Waals surface area contributed by atoms with Crippen molar-refractivity contribution in [2.24, 2.45) is 0 Å². The first kappa shape index (κ1) is 19.4. The zero-order chi connectivity index (χ0) is 15.1. The van der Waals surface area contributed by atoms with E-state index in [1.54, 1.807) is 8.90 Å². The quantitative estimate of drug-likeness (QED) is 0.437. The maximum Gasteiger partial charge on any atom is -1.00 e. The Hall–Kier alpha value is -0.970. The molecule has 0 amide bonds. The Kier molecular flexibility index (Phi) is 6.40. The van der Waals surface area contributed by atoms with Crippen molar-refractivity contribution in [1.29, 1.82) is 0 Å². The number of hydrogen-bond acceptors (Lipinski definition) is 2. The first-order valence-electron chi connectivity index (χ1n) is 7.53. The van der Waals surface area contributed by atoms with E-state index in [1.807, 2.05) is 12.7 Å². The summed E-state index contributed by atoms with van der Waals surface area (Å²) >= 11 is -1.00. The molecule has 0 saturated heterocycles. The summed E-state index contributed by atoms with van der Waals surface area (Å²) < 4.78 is 4.43. The summed E-state index contributed by atoms with van der Waals surface area (Å²) in [6.45, 7) is 4.54. The van der Waals surface area contributed by atoms with Crippen LogP contribution in [0.4, 0.5) is 0 Å². The van der Waals surface area contributed by atoms with Gasteiger partial charge in [0, 0.05) is 0 Å². The molecule has 1 atom stereocenters. The van der Waals surface area contributed by atoms with E-state index in [0.29, 0.717) is 3.67 Å². The molecule has 0 fully saturated rings. The molecule has 2 aromatic rings. The molecule has 3 nitrogen and oxygen atoms in total. The van der Waals surface area contributed by atoms with Crippen molar-refractivity contribution in [2.75, 3.05) is 0 Å². The van der Waals surface area contributed by atoms with E-state index in [9.17, 15) is 0 Å². The summed E-state index contributed by atoms with van der Waals surface area (Å²) in [5.41, 5.74) is 7.25. The summed E-state index contributed by atoms with van der Waals surface area (Å²) in [7, 11) is 0. The van der Waals surface area contributed by atoms with Crippen molar-refractivity contribution in [1.82, 2.24) is 14.8 Å². The Bertz CT molecular complexity index is 823. The Balaban J connectivity index is 0.00000104. The van der Waals surface area contributed by atoms with Crippen LogP contribution in [0.2, 0.25) is 0 Å². The predicted octanol–water partition coefficient (Wildman–Crippen LogP) is -1.95. The smallest absolute Gasteiger partial charge is 1.00 e. The van der Waals surface area contributed by atoms with Gasteiger partial charge in [0.15, 0.2) is 0 Å². The first-order valence-corrected chi connectivity index (χ1v) is 11.4. The van der Waals surface area contributed by atoms with Gasteiger partial charge in [-0.05, 0) is 0 Å². The average Bonchev–Trinajstić information content (AvgIpc) is 3.23. The summed E-state index contributed by atoms with van der Waals surface area (Å²) in [6.07, 6.45) is 9.54. The fourth-order valence-corrected chi connectivity index (χ4v) is 9.55. The monoisotopic (exact) mass is 525 g/mol. The molecular formula is C18H17Cl2HfN3. The molecule has 122 valence electrons. The molecular weight excluding hydrogens is 508 g/mol. The van der Waals surface area contributed by atoms with Crippen molar-refractivity contribution < 1.29 is 47.7 Å². The Morgan fingerprint density at radius 1 is 1.08 bits per heavy atom. The molecule has 2 aliphatic carbocycles. The number of benzene rings is 1. The second kappa shape index (κ2) is 7.94. The van der Waals surface area contributed by atoms with Gasteiger partial charge >= 0.3 is 142 Å². The molecule has 0 radical (unpaired) electrons. The van der Waals surface area contributed by atoms with Crippen LogP contribution in [0.25, 0.3) is 11.8 Å². The molecule has 0 N–H and O–H groups in total. The topological polar surface area (TPSA) is 30.7 Å². The summed E-state index contributed by atoms with van der Waals surface area (Å²) in [4.78, 5) is 0. The zero-order valence-corrected chi connectivity index (χ0v) is 18.6. The van der Waals surface area contributed by atoms with E-state index in [0.717, 1.165) is 0 Å². The number of fused-ring (bicyclic) bond motifs is 1. The maximum absolute atomic E-state index is 3.99. The van der Waals surface area contributed by atoms with Gasteiger partial charge in [0.1, 0.15) is 0 Å². The van der Waals surface area contributed by atoms with Gasteiger partial charge in [-0.3, -0.25) is 0 Å². The second-order valence-corrected chi connectivity index (χ2v) is 11.1. The molecule has 2 aliphatic rings. The van der Waals surface area contributed by atoms with Crippen molar-refractivity contribution >= 4 is 11.8 Å². The van der Waals surface area contributed by atoms with Crippen LogP contribution in [0.3, 0.4) is 0 Å². The summed E-state index contributed by atoms with van der Waals surface area (Å²) in [5.74, 6) is 0. The minimum Gasteiger partial charge on any atom is -1.00 e. The van der Waals surface area contributed by atoms with Gasteiger partial charge < -0.3 is 24.8 Å². The van der Waals surface area contributed by atoms with E-state index in [-0.39, 0.29) is 24.8 Å². The van der Waals surface area contributed by atoms with Crippen molar-refractivity contribution in [3.05, 3.63) is 68.6 Å². The van der Waals surface area contributed by atoms with E-state index in [2.05, 4.69) is 65.0 Å². The average molecular weight is 525 g/mol. The van der Waals surface area contributed by atoms with Crippen LogP contribution < -0.4 is 24.8 Å². The number of aromatic nitrogens is 3. The molecule has 1 heterocycles. The van der Waals surface area contributed by atoms with Gasteiger partial charge in [0.05, 0.1) is 0 Å². The van der Waals surface area contributed by atoms with Crippen LogP contribution in [0, 0.1) is 0 Å². The molecule has 0 saturated carbocycles. The van der Waals surface area contributed by atoms with Crippen LogP contribution in [0.15, 0.2) is 57.5 Å². The minimum absolute atomic E-state index is 0. The van der Waals surface area contributed by atoms with Crippen LogP contribution in [-0.2, 0) is 22.9 Å². The summed E-state index contributed by atoms with van der Waals surface area (Å²) in [6, 6.07) is 8.81. The number of hydrogen-bond donors (Lipinski definition) is 0. The molecule has 0 aliphatic heterocycles. The van der Waals surface area contributed by atoms with Gasteiger partial charge in [-0.15, -0.1) is 0 Å². The SMILES string of the molecule is CC1=CC[C]([Hf+2][CH]2C(n3cnnc3)=Cc3ccccc32)=C1C.[Cl-].[Cl-]. The zero-order valence-electron chi connectivity index (χ0n) is 13.5. The molecule has 1 aromatic carbocycles. The molecule has 0 bridgehead atoms. The Labute approximate surface area is 166 Å². The normalized spacial score (nSPS) is 18.2. The van der Waals surface area contributed by atoms with Gasteiger partial charge in [-0.2, -0.15) is 0 Å². The van der Waals surface area contributed by atoms with Crippen molar-refractivity contribution in [3.8, 4) is 0 Å². The van der Waals surface area contributed by atoms with Gasteiger partial charge in [0.2, 0.25) is 0 Å². The molecule has 24 heavy (non-hydrogen) atoms. The third-order valence-corrected chi connectivity index (χ3v) is 11.1. The fraction of sp³-hybridized carbons (Fsp3) is 0.222. The minimum atomic E-state index is -1.00. The molecule has 1 aromatic heterocycles. The Morgan fingerprint density at radius 2 is 1.79 bits per heavy atom. The standard InChI is InChI=1S/C11H8N3.C7H9.2ClH.Hf/c1-2-4-10-6-11(5-9(10)3-1)14-7-12-13-8-14;1-6-4-3-5-7(6)2;;;/h1-8H;4H,3H2,1-2H3;2*1H;/q;;;;+2/p-2. The maximum atomic E-state index is 3.99. The predicted molar refractivity (Wildman–Crippen MR) is 84.4 cm³/mol. The third kappa shape index (κ3) is 3.37. The molecule has 6 heteroatoms. The van der Waals surface area contributed by atoms with Crippen molar-refractivity contribution in [2.45, 2.75) is 23.9 Å². The van der Waals surface area contributed by atoms with Crippen molar-refractivity contribution in [3.63, 3.8) is 0 Å². The van der Waals surface area contributed by atoms with Gasteiger partial charge in [-0.1, -0.05) is 0 Å². The van der Waals surface area contributed by atoms with E-state index < -0.39 is 22.9 Å². The second-order valence-electron chi connectivity index (χ2n) is 5.84. The Morgan fingerprint density at radius 3 is 2.46 bits per heavy atom. The van der Waals surface area contributed by atoms with Gasteiger partial charge in [-0.25, -0.2) is 0 Å². The number of allylic oxidation sites excluding steroid dienone is 5. The number of halogens is 2. The largest absolute Gasteiger partial charge is 1.00 e. The number of nitrogens with zero attached hydrogens (tertiary/aromatic N) is 3. The first-order chi connectivity index (χ1) is 10.7. The molecule has 4 rings (SSSR count).